The van der Waals surface area contributed by atoms with Crippen molar-refractivity contribution in [3.63, 3.8) is 0 Å². The number of halogens is 2. The third-order valence-corrected chi connectivity index (χ3v) is 2.01. The molecule has 0 saturated carbocycles. The van der Waals surface area contributed by atoms with Gasteiger partial charge in [0.05, 0.1) is 6.42 Å². The molecule has 0 bridgehead atoms. The molecule has 0 saturated heterocycles. The minimum absolute atomic E-state index is 0.104. The Morgan fingerprint density at radius 3 is 2.92 bits per heavy atom. The molecule has 0 aromatic heterocycles. The van der Waals surface area contributed by atoms with Crippen molar-refractivity contribution in [1.82, 2.24) is 5.32 Å². The van der Waals surface area contributed by atoms with E-state index >= 15 is 0 Å². The van der Waals surface area contributed by atoms with Gasteiger partial charge in [-0.15, -0.1) is 0 Å². The van der Waals surface area contributed by atoms with Gasteiger partial charge >= 0.3 is 0 Å². The zero-order valence-electron chi connectivity index (χ0n) is 7.10. The number of carbonyl (C=O) groups excluding carboxylic acids is 1. The highest BCUT2D eigenvalue weighted by molar-refractivity contribution is 6.31. The Kier molecular flexibility index (Phi) is 3.25. The topological polar surface area (TPSA) is 29.1 Å². The molecular formula is C9H9ClFNO. The normalized spacial score (nSPS) is 9.77. The fourth-order valence-electron chi connectivity index (χ4n) is 0.940. The Labute approximate surface area is 80.7 Å². The summed E-state index contributed by atoms with van der Waals surface area (Å²) in [6.45, 7) is 0. The van der Waals surface area contributed by atoms with Crippen molar-refractivity contribution in [2.45, 2.75) is 6.42 Å². The molecule has 13 heavy (non-hydrogen) atoms. The van der Waals surface area contributed by atoms with Gasteiger partial charge in [-0.3, -0.25) is 4.79 Å². The Bertz CT molecular complexity index is 327. The number of rotatable bonds is 2. The maximum absolute atomic E-state index is 12.7. The molecule has 1 aromatic carbocycles. The molecule has 0 unspecified atom stereocenters. The van der Waals surface area contributed by atoms with E-state index in [1.54, 1.807) is 0 Å². The average Bonchev–Trinajstić information content (AvgIpc) is 2.11. The molecule has 1 aromatic rings. The van der Waals surface area contributed by atoms with Crippen molar-refractivity contribution >= 4 is 17.5 Å². The number of nitrogens with one attached hydrogen (secondary N) is 1. The van der Waals surface area contributed by atoms with Crippen molar-refractivity contribution in [2.24, 2.45) is 0 Å². The third kappa shape index (κ3) is 2.70. The third-order valence-electron chi connectivity index (χ3n) is 1.64. The van der Waals surface area contributed by atoms with E-state index < -0.39 is 0 Å². The summed E-state index contributed by atoms with van der Waals surface area (Å²) < 4.78 is 12.7. The van der Waals surface area contributed by atoms with Gasteiger partial charge in [0, 0.05) is 12.1 Å². The predicted molar refractivity (Wildman–Crippen MR) is 49.2 cm³/mol. The average molecular weight is 202 g/mol. The molecular weight excluding hydrogens is 193 g/mol. The van der Waals surface area contributed by atoms with Crippen LogP contribution < -0.4 is 5.32 Å². The second-order valence-corrected chi connectivity index (χ2v) is 2.99. The van der Waals surface area contributed by atoms with Gasteiger partial charge in [-0.25, -0.2) is 4.39 Å². The number of benzene rings is 1. The van der Waals surface area contributed by atoms with Crippen LogP contribution in [0.15, 0.2) is 18.2 Å². The smallest absolute Gasteiger partial charge is 0.224 e. The van der Waals surface area contributed by atoms with Gasteiger partial charge in [0.15, 0.2) is 0 Å². The van der Waals surface area contributed by atoms with Gasteiger partial charge in [0.25, 0.3) is 0 Å². The Morgan fingerprint density at radius 2 is 2.31 bits per heavy atom. The number of likely N-dealkylation sites (N-methyl/N-ethyl adjacent to an activating group) is 1. The lowest BCUT2D eigenvalue weighted by Gasteiger charge is -2.02. The SMILES string of the molecule is CNC(=O)Cc1cc(F)ccc1Cl. The molecule has 0 atom stereocenters. The summed E-state index contributed by atoms with van der Waals surface area (Å²) in [5, 5.41) is 2.85. The Balaban J connectivity index is 2.87. The lowest BCUT2D eigenvalue weighted by Crippen LogP contribution is -2.20. The molecule has 0 spiro atoms. The van der Waals surface area contributed by atoms with Crippen LogP contribution >= 0.6 is 11.6 Å². The lowest BCUT2D eigenvalue weighted by molar-refractivity contribution is -0.119. The van der Waals surface area contributed by atoms with Crippen LogP contribution in [0.25, 0.3) is 0 Å². The summed E-state index contributed by atoms with van der Waals surface area (Å²) in [6, 6.07) is 3.96. The van der Waals surface area contributed by atoms with Crippen LogP contribution in [0.4, 0.5) is 4.39 Å². The highest BCUT2D eigenvalue weighted by atomic mass is 35.5. The second-order valence-electron chi connectivity index (χ2n) is 2.59. The first-order chi connectivity index (χ1) is 6.13. The molecule has 0 heterocycles. The van der Waals surface area contributed by atoms with Gasteiger partial charge < -0.3 is 5.32 Å². The molecule has 0 aliphatic carbocycles. The van der Waals surface area contributed by atoms with Gasteiger partial charge in [-0.05, 0) is 23.8 Å². The number of hydrogen-bond donors (Lipinski definition) is 1. The molecule has 2 nitrogen and oxygen atoms in total. The summed E-state index contributed by atoms with van der Waals surface area (Å²) in [6.07, 6.45) is 0.104. The molecule has 1 N–H and O–H groups in total. The molecule has 1 amide bonds. The fourth-order valence-corrected chi connectivity index (χ4v) is 1.12. The minimum atomic E-state index is -0.386. The lowest BCUT2D eigenvalue weighted by atomic mass is 10.1. The summed E-state index contributed by atoms with van der Waals surface area (Å²) in [5.74, 6) is -0.573. The van der Waals surface area contributed by atoms with E-state index in [1.165, 1.54) is 25.2 Å². The zero-order chi connectivity index (χ0) is 9.84. The van der Waals surface area contributed by atoms with E-state index in [-0.39, 0.29) is 18.1 Å². The quantitative estimate of drug-likeness (QED) is 0.777. The monoisotopic (exact) mass is 201 g/mol. The van der Waals surface area contributed by atoms with Gasteiger partial charge in [0.1, 0.15) is 5.82 Å². The predicted octanol–water partition coefficient (Wildman–Crippen LogP) is 1.77. The van der Waals surface area contributed by atoms with Gasteiger partial charge in [-0.1, -0.05) is 11.6 Å². The van der Waals surface area contributed by atoms with Crippen LogP contribution in [0.3, 0.4) is 0 Å². The van der Waals surface area contributed by atoms with Crippen molar-refractivity contribution in [3.8, 4) is 0 Å². The molecule has 0 radical (unpaired) electrons. The van der Waals surface area contributed by atoms with Gasteiger partial charge in [-0.2, -0.15) is 0 Å². The Morgan fingerprint density at radius 1 is 1.62 bits per heavy atom. The van der Waals surface area contributed by atoms with Crippen LogP contribution in [0.5, 0.6) is 0 Å². The highest BCUT2D eigenvalue weighted by Gasteiger charge is 2.06. The largest absolute Gasteiger partial charge is 0.359 e. The number of amides is 1. The van der Waals surface area contributed by atoms with E-state index in [4.69, 9.17) is 11.6 Å². The molecule has 4 heteroatoms. The van der Waals surface area contributed by atoms with E-state index in [0.29, 0.717) is 10.6 Å². The second kappa shape index (κ2) is 4.23. The first-order valence-corrected chi connectivity index (χ1v) is 4.16. The van der Waals surface area contributed by atoms with E-state index in [9.17, 15) is 9.18 Å². The van der Waals surface area contributed by atoms with Crippen molar-refractivity contribution in [1.29, 1.82) is 0 Å². The molecule has 0 aliphatic rings. The summed E-state index contributed by atoms with van der Waals surface area (Å²) in [5.41, 5.74) is 0.501. The van der Waals surface area contributed by atoms with Crippen LogP contribution in [0.1, 0.15) is 5.56 Å². The summed E-state index contributed by atoms with van der Waals surface area (Å²) in [7, 11) is 1.52. The molecule has 70 valence electrons. The standard InChI is InChI=1S/C9H9ClFNO/c1-12-9(13)5-6-4-7(11)2-3-8(6)10/h2-4H,5H2,1H3,(H,12,13). The first-order valence-electron chi connectivity index (χ1n) is 3.78. The highest BCUT2D eigenvalue weighted by Crippen LogP contribution is 2.17. The maximum atomic E-state index is 12.7. The number of carbonyl (C=O) groups is 1. The summed E-state index contributed by atoms with van der Waals surface area (Å²) in [4.78, 5) is 11.0. The first kappa shape index (κ1) is 9.99. The summed E-state index contributed by atoms with van der Waals surface area (Å²) >= 11 is 5.75. The van der Waals surface area contributed by atoms with Crippen LogP contribution in [0.2, 0.25) is 5.02 Å². The van der Waals surface area contributed by atoms with Crippen molar-refractivity contribution in [2.75, 3.05) is 7.05 Å². The van der Waals surface area contributed by atoms with Crippen LogP contribution in [-0.4, -0.2) is 13.0 Å². The van der Waals surface area contributed by atoms with Crippen molar-refractivity contribution < 1.29 is 9.18 Å². The molecule has 0 fully saturated rings. The van der Waals surface area contributed by atoms with E-state index in [1.807, 2.05) is 0 Å². The van der Waals surface area contributed by atoms with E-state index in [2.05, 4.69) is 5.32 Å². The zero-order valence-corrected chi connectivity index (χ0v) is 7.86. The number of hydrogen-bond acceptors (Lipinski definition) is 1. The van der Waals surface area contributed by atoms with E-state index in [0.717, 1.165) is 0 Å². The molecule has 1 rings (SSSR count). The van der Waals surface area contributed by atoms with Crippen LogP contribution in [0, 0.1) is 5.82 Å². The van der Waals surface area contributed by atoms with Crippen LogP contribution in [-0.2, 0) is 11.2 Å². The fraction of sp³-hybridized carbons (Fsp3) is 0.222. The van der Waals surface area contributed by atoms with Gasteiger partial charge in [0.2, 0.25) is 5.91 Å². The maximum Gasteiger partial charge on any atom is 0.224 e. The van der Waals surface area contributed by atoms with Crippen molar-refractivity contribution in [3.05, 3.63) is 34.6 Å². The minimum Gasteiger partial charge on any atom is -0.359 e. The molecule has 0 aliphatic heterocycles. The Hall–Kier alpha value is -1.09.